The van der Waals surface area contributed by atoms with Gasteiger partial charge in [0.05, 0.1) is 17.8 Å². The molecule has 5 rings (SSSR count). The van der Waals surface area contributed by atoms with E-state index in [0.717, 1.165) is 57.8 Å². The van der Waals surface area contributed by atoms with E-state index in [2.05, 4.69) is 44.6 Å². The summed E-state index contributed by atoms with van der Waals surface area (Å²) in [5.41, 5.74) is 2.73. The molecule has 1 saturated carbocycles. The van der Waals surface area contributed by atoms with Gasteiger partial charge in [-0.3, -0.25) is 9.59 Å². The van der Waals surface area contributed by atoms with E-state index in [4.69, 9.17) is 0 Å². The number of piperidine rings is 1. The molecule has 0 radical (unpaired) electrons. The minimum Gasteiger partial charge on any atom is -0.356 e. The van der Waals surface area contributed by atoms with E-state index in [1.807, 2.05) is 24.3 Å². The van der Waals surface area contributed by atoms with E-state index in [0.29, 0.717) is 23.1 Å². The fraction of sp³-hybridized carbons (Fsp3) is 0.567. The summed E-state index contributed by atoms with van der Waals surface area (Å²) in [4.78, 5) is 34.5. The van der Waals surface area contributed by atoms with Gasteiger partial charge >= 0.3 is 0 Å². The number of hydrogen-bond donors (Lipinski definition) is 2. The van der Waals surface area contributed by atoms with Crippen LogP contribution in [0.1, 0.15) is 73.2 Å². The normalized spacial score (nSPS) is 23.1. The largest absolute Gasteiger partial charge is 0.356 e. The van der Waals surface area contributed by atoms with Gasteiger partial charge in [-0.15, -0.1) is 0 Å². The molecule has 2 N–H and O–H groups in total. The molecule has 2 aliphatic heterocycles. The number of nitrogens with zero attached hydrogens (tertiary/aromatic N) is 3. The van der Waals surface area contributed by atoms with Crippen LogP contribution in [-0.2, 0) is 4.79 Å². The number of carbonyl (C=O) groups is 2. The Morgan fingerprint density at radius 1 is 0.919 bits per heavy atom. The molecule has 1 aromatic carbocycles. The molecule has 3 fully saturated rings. The minimum absolute atomic E-state index is 0.106. The average molecular weight is 504 g/mol. The van der Waals surface area contributed by atoms with Crippen molar-refractivity contribution >= 4 is 23.3 Å². The molecule has 0 bridgehead atoms. The lowest BCUT2D eigenvalue weighted by atomic mass is 9.84. The summed E-state index contributed by atoms with van der Waals surface area (Å²) in [7, 11) is 2.09. The van der Waals surface area contributed by atoms with Gasteiger partial charge in [0, 0.05) is 31.7 Å². The van der Waals surface area contributed by atoms with E-state index >= 15 is 0 Å². The van der Waals surface area contributed by atoms with Gasteiger partial charge in [-0.1, -0.05) is 31.4 Å². The van der Waals surface area contributed by atoms with Crippen LogP contribution in [0.2, 0.25) is 0 Å². The summed E-state index contributed by atoms with van der Waals surface area (Å²) >= 11 is 0. The third-order valence-electron chi connectivity index (χ3n) is 8.43. The smallest absolute Gasteiger partial charge is 0.255 e. The molecule has 198 valence electrons. The van der Waals surface area contributed by atoms with Gasteiger partial charge < -0.3 is 20.4 Å². The summed E-state index contributed by atoms with van der Waals surface area (Å²) in [5, 5.41) is 6.17. The highest BCUT2D eigenvalue weighted by Crippen LogP contribution is 2.32. The van der Waals surface area contributed by atoms with Crippen molar-refractivity contribution in [1.82, 2.24) is 15.2 Å². The van der Waals surface area contributed by atoms with Gasteiger partial charge in [0.2, 0.25) is 5.91 Å². The SMILES string of the molecule is CN1CCCC(C(=O)NC[C@H]2CCN(c3ccc(NC(=O)c4ccc(C5CCCCC5)cc4)cn3)C2)C1. The van der Waals surface area contributed by atoms with Crippen LogP contribution < -0.4 is 15.5 Å². The number of hydrogen-bond acceptors (Lipinski definition) is 5. The third-order valence-corrected chi connectivity index (χ3v) is 8.43. The lowest BCUT2D eigenvalue weighted by Gasteiger charge is -2.29. The molecular weight excluding hydrogens is 462 g/mol. The van der Waals surface area contributed by atoms with Crippen molar-refractivity contribution in [2.45, 2.75) is 57.3 Å². The number of rotatable bonds is 7. The Morgan fingerprint density at radius 3 is 2.46 bits per heavy atom. The second-order valence-corrected chi connectivity index (χ2v) is 11.3. The zero-order chi connectivity index (χ0) is 25.6. The summed E-state index contributed by atoms with van der Waals surface area (Å²) < 4.78 is 0. The first-order valence-electron chi connectivity index (χ1n) is 14.1. The molecule has 1 aliphatic carbocycles. The van der Waals surface area contributed by atoms with Crippen LogP contribution in [0.5, 0.6) is 0 Å². The zero-order valence-electron chi connectivity index (χ0n) is 22.1. The molecule has 2 saturated heterocycles. The Labute approximate surface area is 221 Å². The zero-order valence-corrected chi connectivity index (χ0v) is 22.1. The third kappa shape index (κ3) is 6.69. The number of benzene rings is 1. The van der Waals surface area contributed by atoms with Crippen molar-refractivity contribution in [2.75, 3.05) is 50.0 Å². The quantitative estimate of drug-likeness (QED) is 0.574. The van der Waals surface area contributed by atoms with Crippen LogP contribution in [0.4, 0.5) is 11.5 Å². The lowest BCUT2D eigenvalue weighted by Crippen LogP contribution is -2.42. The van der Waals surface area contributed by atoms with Crippen LogP contribution in [0.15, 0.2) is 42.6 Å². The summed E-state index contributed by atoms with van der Waals surface area (Å²) in [5.74, 6) is 2.21. The summed E-state index contributed by atoms with van der Waals surface area (Å²) in [6, 6.07) is 12.0. The van der Waals surface area contributed by atoms with E-state index in [9.17, 15) is 9.59 Å². The van der Waals surface area contributed by atoms with E-state index in [1.54, 1.807) is 6.20 Å². The molecule has 0 spiro atoms. The first-order chi connectivity index (χ1) is 18.0. The first-order valence-corrected chi connectivity index (χ1v) is 14.1. The molecule has 3 aliphatic rings. The molecule has 2 amide bonds. The van der Waals surface area contributed by atoms with Crippen LogP contribution in [0, 0.1) is 11.8 Å². The average Bonchev–Trinajstić information content (AvgIpc) is 3.42. The van der Waals surface area contributed by atoms with Gasteiger partial charge in [0.1, 0.15) is 5.82 Å². The highest BCUT2D eigenvalue weighted by Gasteiger charge is 2.27. The number of amides is 2. The number of carbonyl (C=O) groups excluding carboxylic acids is 2. The molecule has 7 heteroatoms. The fourth-order valence-corrected chi connectivity index (χ4v) is 6.17. The molecule has 37 heavy (non-hydrogen) atoms. The van der Waals surface area contributed by atoms with Crippen molar-refractivity contribution in [3.63, 3.8) is 0 Å². The predicted molar refractivity (Wildman–Crippen MR) is 148 cm³/mol. The Balaban J connectivity index is 1.08. The molecule has 1 aromatic heterocycles. The highest BCUT2D eigenvalue weighted by molar-refractivity contribution is 6.04. The molecule has 1 unspecified atom stereocenters. The summed E-state index contributed by atoms with van der Waals surface area (Å²) in [6.45, 7) is 4.49. The second kappa shape index (κ2) is 12.1. The topological polar surface area (TPSA) is 77.6 Å². The number of likely N-dealkylation sites (tertiary alicyclic amines) is 1. The van der Waals surface area contributed by atoms with E-state index in [-0.39, 0.29) is 17.7 Å². The van der Waals surface area contributed by atoms with Crippen molar-refractivity contribution in [2.24, 2.45) is 11.8 Å². The number of aromatic nitrogens is 1. The second-order valence-electron chi connectivity index (χ2n) is 11.3. The fourth-order valence-electron chi connectivity index (χ4n) is 6.17. The number of nitrogens with one attached hydrogen (secondary N) is 2. The van der Waals surface area contributed by atoms with Gasteiger partial charge in [-0.2, -0.15) is 0 Å². The van der Waals surface area contributed by atoms with Gasteiger partial charge in [0.25, 0.3) is 5.91 Å². The van der Waals surface area contributed by atoms with Gasteiger partial charge in [-0.05, 0) is 87.4 Å². The van der Waals surface area contributed by atoms with Crippen LogP contribution >= 0.6 is 0 Å². The Bertz CT molecular complexity index is 1050. The highest BCUT2D eigenvalue weighted by atomic mass is 16.2. The minimum atomic E-state index is -0.106. The van der Waals surface area contributed by atoms with Crippen molar-refractivity contribution in [3.05, 3.63) is 53.7 Å². The molecular formula is C30H41N5O2. The predicted octanol–water partition coefficient (Wildman–Crippen LogP) is 4.67. The maximum Gasteiger partial charge on any atom is 0.255 e. The monoisotopic (exact) mass is 503 g/mol. The Morgan fingerprint density at radius 2 is 1.73 bits per heavy atom. The van der Waals surface area contributed by atoms with E-state index in [1.165, 1.54) is 37.7 Å². The van der Waals surface area contributed by atoms with Gasteiger partial charge in [-0.25, -0.2) is 4.98 Å². The van der Waals surface area contributed by atoms with Crippen LogP contribution in [0.3, 0.4) is 0 Å². The number of anilines is 2. The maximum atomic E-state index is 12.8. The summed E-state index contributed by atoms with van der Waals surface area (Å²) in [6.07, 6.45) is 11.3. The standard InChI is InChI=1S/C30H41N5O2/c1-34-16-5-8-26(21-34)29(36)32-18-22-15-17-35(20-22)28-14-13-27(19-31-28)33-30(37)25-11-9-24(10-12-25)23-6-3-2-4-7-23/h9-14,19,22-23,26H,2-8,15-18,20-21H2,1H3,(H,32,36)(H,33,37)/t22-,26?/m1/s1. The van der Waals surface area contributed by atoms with Crippen molar-refractivity contribution < 1.29 is 9.59 Å². The maximum absolute atomic E-state index is 12.8. The molecule has 3 heterocycles. The lowest BCUT2D eigenvalue weighted by molar-refractivity contribution is -0.126. The first kappa shape index (κ1) is 25.7. The van der Waals surface area contributed by atoms with Crippen LogP contribution in [-0.4, -0.2) is 61.5 Å². The Kier molecular flexibility index (Phi) is 8.39. The number of pyridine rings is 1. The molecule has 7 nitrogen and oxygen atoms in total. The van der Waals surface area contributed by atoms with E-state index < -0.39 is 0 Å². The van der Waals surface area contributed by atoms with Gasteiger partial charge in [0.15, 0.2) is 0 Å². The van der Waals surface area contributed by atoms with Crippen LogP contribution in [0.25, 0.3) is 0 Å². The van der Waals surface area contributed by atoms with Crippen molar-refractivity contribution in [1.29, 1.82) is 0 Å². The molecule has 2 atom stereocenters. The molecule has 2 aromatic rings. The van der Waals surface area contributed by atoms with Crippen molar-refractivity contribution in [3.8, 4) is 0 Å². The Hall–Kier alpha value is -2.93.